The summed E-state index contributed by atoms with van der Waals surface area (Å²) in [5.74, 6) is 1.98. The Labute approximate surface area is 179 Å². The third kappa shape index (κ3) is 4.65. The maximum atomic E-state index is 10.5. The van der Waals surface area contributed by atoms with Crippen LogP contribution in [0.3, 0.4) is 0 Å². The van der Waals surface area contributed by atoms with Crippen LogP contribution in [0.2, 0.25) is 0 Å². The number of halogens is 2. The highest BCUT2D eigenvalue weighted by molar-refractivity contribution is 14.1. The molecule has 0 saturated heterocycles. The van der Waals surface area contributed by atoms with Gasteiger partial charge >= 0.3 is 0 Å². The second-order valence-corrected chi connectivity index (χ2v) is 7.09. The van der Waals surface area contributed by atoms with Gasteiger partial charge in [-0.1, -0.05) is 19.1 Å². The summed E-state index contributed by atoms with van der Waals surface area (Å²) in [6.07, 6.45) is 0.348. The van der Waals surface area contributed by atoms with Crippen molar-refractivity contribution in [3.63, 3.8) is 0 Å². The maximum Gasteiger partial charge on any atom is 0.256 e. The molecule has 0 bridgehead atoms. The summed E-state index contributed by atoms with van der Waals surface area (Å²) >= 11 is 2.26. The van der Waals surface area contributed by atoms with Crippen LogP contribution >= 0.6 is 22.6 Å². The quantitative estimate of drug-likeness (QED) is 0.341. The van der Waals surface area contributed by atoms with Gasteiger partial charge in [0.05, 0.1) is 7.05 Å². The van der Waals surface area contributed by atoms with Gasteiger partial charge < -0.3 is 33.8 Å². The summed E-state index contributed by atoms with van der Waals surface area (Å²) < 4.78 is 11.3. The molecule has 4 nitrogen and oxygen atoms in total. The van der Waals surface area contributed by atoms with Crippen molar-refractivity contribution in [2.75, 3.05) is 6.61 Å². The van der Waals surface area contributed by atoms with Gasteiger partial charge in [0.1, 0.15) is 25.0 Å². The van der Waals surface area contributed by atoms with E-state index in [2.05, 4.69) is 57.8 Å². The Hall–Kier alpha value is -0.870. The minimum absolute atomic E-state index is 0. The molecule has 1 atom stereocenters. The zero-order chi connectivity index (χ0) is 17.1. The summed E-state index contributed by atoms with van der Waals surface area (Å²) in [5.41, 5.74) is 2.32. The van der Waals surface area contributed by atoms with E-state index in [4.69, 9.17) is 4.74 Å². The van der Waals surface area contributed by atoms with Crippen LogP contribution in [-0.4, -0.2) is 22.4 Å². The van der Waals surface area contributed by atoms with Gasteiger partial charge in [-0.15, -0.1) is 0 Å². The van der Waals surface area contributed by atoms with Gasteiger partial charge in [-0.25, -0.2) is 9.13 Å². The molecule has 0 spiro atoms. The second kappa shape index (κ2) is 9.18. The molecular weight excluding hydrogens is 542 g/mol. The highest BCUT2D eigenvalue weighted by Crippen LogP contribution is 2.17. The fourth-order valence-electron chi connectivity index (χ4n) is 3.05. The average Bonchev–Trinajstić information content (AvgIpc) is 2.86. The standard InChI is InChI=1S/C19H22IN2O2.HI/c1-3-19-21(2)17-6-4-5-7-18(17)22(19)12-15(23)13-24-16-10-8-14(20)9-11-16;/h4-11,15,23H,3,12-13H2,1-2H3;1H/q+1;/p-1. The van der Waals surface area contributed by atoms with Crippen LogP contribution in [0.4, 0.5) is 0 Å². The van der Waals surface area contributed by atoms with Crippen LogP contribution < -0.4 is 33.3 Å². The van der Waals surface area contributed by atoms with Crippen LogP contribution in [0.1, 0.15) is 12.7 Å². The largest absolute Gasteiger partial charge is 1.00 e. The molecule has 0 radical (unpaired) electrons. The van der Waals surface area contributed by atoms with Crippen molar-refractivity contribution in [1.29, 1.82) is 0 Å². The molecule has 2 aromatic carbocycles. The number of aliphatic hydroxyl groups is 1. The number of nitrogens with zero attached hydrogens (tertiary/aromatic N) is 2. The summed E-state index contributed by atoms with van der Waals surface area (Å²) in [5, 5.41) is 10.5. The van der Waals surface area contributed by atoms with Gasteiger partial charge in [0, 0.05) is 9.99 Å². The Balaban J connectivity index is 0.00000225. The molecular formula is C19H22I2N2O2. The minimum atomic E-state index is -0.564. The number of hydrogen-bond acceptors (Lipinski definition) is 2. The molecule has 25 heavy (non-hydrogen) atoms. The monoisotopic (exact) mass is 564 g/mol. The summed E-state index contributed by atoms with van der Waals surface area (Å²) in [6, 6.07) is 16.1. The van der Waals surface area contributed by atoms with Crippen LogP contribution in [0.5, 0.6) is 5.75 Å². The van der Waals surface area contributed by atoms with E-state index in [1.54, 1.807) is 0 Å². The zero-order valence-corrected chi connectivity index (χ0v) is 18.6. The first-order chi connectivity index (χ1) is 11.6. The fraction of sp³-hybridized carbons (Fsp3) is 0.316. The van der Waals surface area contributed by atoms with Crippen molar-refractivity contribution < 1.29 is 38.4 Å². The van der Waals surface area contributed by atoms with E-state index in [1.807, 2.05) is 36.4 Å². The predicted octanol–water partition coefficient (Wildman–Crippen LogP) is 0.0767. The summed E-state index contributed by atoms with van der Waals surface area (Å²) in [4.78, 5) is 0. The lowest BCUT2D eigenvalue weighted by molar-refractivity contribution is -0.653. The van der Waals surface area contributed by atoms with Gasteiger partial charge in [-0.2, -0.15) is 0 Å². The highest BCUT2D eigenvalue weighted by atomic mass is 127. The number of imidazole rings is 1. The van der Waals surface area contributed by atoms with E-state index in [0.717, 1.165) is 17.7 Å². The zero-order valence-electron chi connectivity index (χ0n) is 14.3. The Morgan fingerprint density at radius 3 is 2.52 bits per heavy atom. The first kappa shape index (κ1) is 20.4. The third-order valence-electron chi connectivity index (χ3n) is 4.20. The lowest BCUT2D eigenvalue weighted by Gasteiger charge is -2.12. The van der Waals surface area contributed by atoms with Gasteiger partial charge in [-0.3, -0.25) is 0 Å². The molecule has 1 aromatic heterocycles. The van der Waals surface area contributed by atoms with Crippen LogP contribution in [0.15, 0.2) is 48.5 Å². The molecule has 0 aliphatic carbocycles. The van der Waals surface area contributed by atoms with Gasteiger partial charge in [0.25, 0.3) is 5.82 Å². The second-order valence-electron chi connectivity index (χ2n) is 5.85. The Morgan fingerprint density at radius 2 is 1.84 bits per heavy atom. The maximum absolute atomic E-state index is 10.5. The topological polar surface area (TPSA) is 38.3 Å². The van der Waals surface area contributed by atoms with E-state index in [0.29, 0.717) is 6.54 Å². The summed E-state index contributed by atoms with van der Waals surface area (Å²) in [6.45, 7) is 2.94. The molecule has 1 unspecified atom stereocenters. The molecule has 6 heteroatoms. The predicted molar refractivity (Wildman–Crippen MR) is 103 cm³/mol. The highest BCUT2D eigenvalue weighted by Gasteiger charge is 2.23. The number of benzene rings is 2. The molecule has 0 saturated carbocycles. The molecule has 3 rings (SSSR count). The van der Waals surface area contributed by atoms with Crippen LogP contribution in [-0.2, 0) is 20.0 Å². The molecule has 1 heterocycles. The number of rotatable bonds is 6. The van der Waals surface area contributed by atoms with Gasteiger partial charge in [-0.05, 0) is 59.0 Å². The van der Waals surface area contributed by atoms with E-state index >= 15 is 0 Å². The number of aryl methyl sites for hydroxylation is 1. The Bertz CT molecular complexity index is 831. The third-order valence-corrected chi connectivity index (χ3v) is 4.92. The molecule has 134 valence electrons. The average molecular weight is 564 g/mol. The summed E-state index contributed by atoms with van der Waals surface area (Å²) in [7, 11) is 2.08. The number of ether oxygens (including phenoxy) is 1. The van der Waals surface area contributed by atoms with Crippen molar-refractivity contribution in [2.24, 2.45) is 7.05 Å². The van der Waals surface area contributed by atoms with Gasteiger partial charge in [0.15, 0.2) is 11.0 Å². The Morgan fingerprint density at radius 1 is 1.16 bits per heavy atom. The minimum Gasteiger partial charge on any atom is -1.00 e. The van der Waals surface area contributed by atoms with E-state index in [9.17, 15) is 5.11 Å². The van der Waals surface area contributed by atoms with Crippen molar-refractivity contribution in [3.8, 4) is 5.75 Å². The smallest absolute Gasteiger partial charge is 0.256 e. The van der Waals surface area contributed by atoms with Crippen molar-refractivity contribution in [2.45, 2.75) is 26.0 Å². The van der Waals surface area contributed by atoms with Crippen LogP contribution in [0.25, 0.3) is 11.0 Å². The first-order valence-corrected chi connectivity index (χ1v) is 9.20. The number of aromatic nitrogens is 2. The van der Waals surface area contributed by atoms with E-state index < -0.39 is 6.10 Å². The number of hydrogen-bond donors (Lipinski definition) is 1. The molecule has 0 fully saturated rings. The van der Waals surface area contributed by atoms with Gasteiger partial charge in [0.2, 0.25) is 0 Å². The van der Waals surface area contributed by atoms with Crippen molar-refractivity contribution >= 4 is 33.6 Å². The van der Waals surface area contributed by atoms with E-state index in [-0.39, 0.29) is 30.6 Å². The number of fused-ring (bicyclic) bond motifs is 1. The van der Waals surface area contributed by atoms with Crippen LogP contribution in [0, 0.1) is 3.57 Å². The van der Waals surface area contributed by atoms with Crippen molar-refractivity contribution in [3.05, 3.63) is 57.9 Å². The lowest BCUT2D eigenvalue weighted by atomic mass is 10.3. The Kier molecular flexibility index (Phi) is 7.51. The first-order valence-electron chi connectivity index (χ1n) is 8.12. The molecule has 0 aliphatic heterocycles. The molecule has 1 N–H and O–H groups in total. The molecule has 3 aromatic rings. The normalized spacial score (nSPS) is 12.0. The fourth-order valence-corrected chi connectivity index (χ4v) is 3.41. The molecule has 0 amide bonds. The SMILES string of the molecule is CCc1n(CC(O)COc2ccc(I)cc2)c2ccccc2[n+]1C.[I-]. The molecule has 0 aliphatic rings. The number of para-hydroxylation sites is 2. The van der Waals surface area contributed by atoms with E-state index in [1.165, 1.54) is 14.9 Å². The lowest BCUT2D eigenvalue weighted by Crippen LogP contribution is -3.00. The van der Waals surface area contributed by atoms with Crippen molar-refractivity contribution in [1.82, 2.24) is 4.57 Å². The number of aliphatic hydroxyl groups excluding tert-OH is 1.